The second kappa shape index (κ2) is 8.36. The zero-order chi connectivity index (χ0) is 17.5. The average molecular weight is 349 g/mol. The van der Waals surface area contributed by atoms with Crippen molar-refractivity contribution in [2.75, 3.05) is 13.2 Å². The molecule has 126 valence electrons. The first-order valence-electron chi connectivity index (χ1n) is 7.37. The van der Waals surface area contributed by atoms with Gasteiger partial charge in [-0.1, -0.05) is 23.7 Å². The Morgan fingerprint density at radius 3 is 2.54 bits per heavy atom. The summed E-state index contributed by atoms with van der Waals surface area (Å²) in [5.74, 6) is -0.496. The highest BCUT2D eigenvalue weighted by molar-refractivity contribution is 6.30. The molecule has 6 heteroatoms. The fraction of sp³-hybridized carbons (Fsp3) is 0.222. The molecule has 2 rings (SSSR count). The Balaban J connectivity index is 2.01. The van der Waals surface area contributed by atoms with Gasteiger partial charge in [-0.05, 0) is 49.7 Å². The standard InChI is InChI=1S/C18H17ClO5/c1-3-22-18(21)14-6-4-5-7-16(14)24-17(20)11-23-15-9-8-13(19)10-12(15)2/h4-10H,3,11H2,1-2H3. The molecule has 2 aromatic rings. The lowest BCUT2D eigenvalue weighted by atomic mass is 10.2. The van der Waals surface area contributed by atoms with Gasteiger partial charge in [-0.25, -0.2) is 9.59 Å². The van der Waals surface area contributed by atoms with Gasteiger partial charge in [0.2, 0.25) is 0 Å². The second-order valence-corrected chi connectivity index (χ2v) is 5.33. The van der Waals surface area contributed by atoms with Crippen LogP contribution in [0.1, 0.15) is 22.8 Å². The van der Waals surface area contributed by atoms with Gasteiger partial charge in [-0.15, -0.1) is 0 Å². The van der Waals surface area contributed by atoms with Crippen LogP contribution in [0.5, 0.6) is 11.5 Å². The van der Waals surface area contributed by atoms with Crippen LogP contribution in [0, 0.1) is 6.92 Å². The fourth-order valence-corrected chi connectivity index (χ4v) is 2.22. The van der Waals surface area contributed by atoms with E-state index in [0.717, 1.165) is 5.56 Å². The molecular formula is C18H17ClO5. The van der Waals surface area contributed by atoms with Crippen LogP contribution in [0.3, 0.4) is 0 Å². The van der Waals surface area contributed by atoms with Crippen LogP contribution in [0.4, 0.5) is 0 Å². The van der Waals surface area contributed by atoms with E-state index < -0.39 is 11.9 Å². The van der Waals surface area contributed by atoms with E-state index in [2.05, 4.69) is 0 Å². The van der Waals surface area contributed by atoms with E-state index in [4.69, 9.17) is 25.8 Å². The molecule has 0 aliphatic carbocycles. The van der Waals surface area contributed by atoms with Gasteiger partial charge >= 0.3 is 11.9 Å². The number of ether oxygens (including phenoxy) is 3. The molecule has 0 N–H and O–H groups in total. The summed E-state index contributed by atoms with van der Waals surface area (Å²) in [5, 5.41) is 0.589. The molecule has 0 aliphatic heterocycles. The Morgan fingerprint density at radius 2 is 1.83 bits per heavy atom. The van der Waals surface area contributed by atoms with Crippen molar-refractivity contribution >= 4 is 23.5 Å². The van der Waals surface area contributed by atoms with E-state index in [-0.39, 0.29) is 24.5 Å². The van der Waals surface area contributed by atoms with Gasteiger partial charge in [0, 0.05) is 5.02 Å². The maximum Gasteiger partial charge on any atom is 0.349 e. The van der Waals surface area contributed by atoms with Crippen molar-refractivity contribution in [3.05, 3.63) is 58.6 Å². The summed E-state index contributed by atoms with van der Waals surface area (Å²) in [7, 11) is 0. The molecule has 2 aromatic carbocycles. The maximum absolute atomic E-state index is 12.0. The number of hydrogen-bond acceptors (Lipinski definition) is 5. The number of benzene rings is 2. The van der Waals surface area contributed by atoms with Crippen molar-refractivity contribution in [2.24, 2.45) is 0 Å². The zero-order valence-electron chi connectivity index (χ0n) is 13.4. The van der Waals surface area contributed by atoms with Gasteiger partial charge in [0.25, 0.3) is 0 Å². The predicted molar refractivity (Wildman–Crippen MR) is 89.7 cm³/mol. The molecule has 0 fully saturated rings. The minimum atomic E-state index is -0.624. The summed E-state index contributed by atoms with van der Waals surface area (Å²) in [5.41, 5.74) is 0.998. The predicted octanol–water partition coefficient (Wildman–Crippen LogP) is 3.81. The molecule has 0 saturated heterocycles. The van der Waals surface area contributed by atoms with Crippen LogP contribution in [0.2, 0.25) is 5.02 Å². The van der Waals surface area contributed by atoms with Crippen molar-refractivity contribution in [3.63, 3.8) is 0 Å². The van der Waals surface area contributed by atoms with E-state index in [1.807, 2.05) is 6.92 Å². The number of esters is 2. The Bertz CT molecular complexity index is 742. The number of rotatable bonds is 6. The third-order valence-electron chi connectivity index (χ3n) is 3.09. The molecule has 5 nitrogen and oxygen atoms in total. The highest BCUT2D eigenvalue weighted by Crippen LogP contribution is 2.22. The molecule has 24 heavy (non-hydrogen) atoms. The number of aryl methyl sites for hydroxylation is 1. The van der Waals surface area contributed by atoms with Gasteiger partial charge < -0.3 is 14.2 Å². The molecule has 0 amide bonds. The third-order valence-corrected chi connectivity index (χ3v) is 3.32. The maximum atomic E-state index is 12.0. The van der Waals surface area contributed by atoms with Crippen LogP contribution in [-0.4, -0.2) is 25.2 Å². The lowest BCUT2D eigenvalue weighted by molar-refractivity contribution is -0.136. The number of para-hydroxylation sites is 1. The topological polar surface area (TPSA) is 61.8 Å². The lowest BCUT2D eigenvalue weighted by Gasteiger charge is -2.11. The van der Waals surface area contributed by atoms with Gasteiger partial charge in [-0.2, -0.15) is 0 Å². The second-order valence-electron chi connectivity index (χ2n) is 4.89. The first-order valence-corrected chi connectivity index (χ1v) is 7.75. The molecule has 0 unspecified atom stereocenters. The van der Waals surface area contributed by atoms with Crippen LogP contribution in [0.15, 0.2) is 42.5 Å². The smallest absolute Gasteiger partial charge is 0.349 e. The number of carbonyl (C=O) groups excluding carboxylic acids is 2. The first kappa shape index (κ1) is 17.8. The third kappa shape index (κ3) is 4.73. The van der Waals surface area contributed by atoms with Crippen molar-refractivity contribution in [3.8, 4) is 11.5 Å². The summed E-state index contributed by atoms with van der Waals surface area (Å²) in [6.45, 7) is 3.47. The molecule has 0 bridgehead atoms. The summed E-state index contributed by atoms with van der Waals surface area (Å²) in [6, 6.07) is 11.5. The van der Waals surface area contributed by atoms with Crippen LogP contribution in [-0.2, 0) is 9.53 Å². The van der Waals surface area contributed by atoms with Crippen molar-refractivity contribution in [2.45, 2.75) is 13.8 Å². The zero-order valence-corrected chi connectivity index (χ0v) is 14.1. The summed E-state index contributed by atoms with van der Waals surface area (Å²) >= 11 is 5.87. The monoisotopic (exact) mass is 348 g/mol. The Labute approximate surface area is 145 Å². The molecule has 0 aromatic heterocycles. The first-order chi connectivity index (χ1) is 11.5. The Morgan fingerprint density at radius 1 is 1.08 bits per heavy atom. The molecular weight excluding hydrogens is 332 g/mol. The van der Waals surface area contributed by atoms with Gasteiger partial charge in [-0.3, -0.25) is 0 Å². The molecule has 0 radical (unpaired) electrons. The molecule has 0 heterocycles. The van der Waals surface area contributed by atoms with Gasteiger partial charge in [0.1, 0.15) is 17.1 Å². The largest absolute Gasteiger partial charge is 0.482 e. The highest BCUT2D eigenvalue weighted by Gasteiger charge is 2.16. The molecule has 0 spiro atoms. The van der Waals surface area contributed by atoms with Crippen molar-refractivity contribution < 1.29 is 23.8 Å². The Kier molecular flexibility index (Phi) is 6.21. The van der Waals surface area contributed by atoms with E-state index in [9.17, 15) is 9.59 Å². The van der Waals surface area contributed by atoms with Crippen LogP contribution < -0.4 is 9.47 Å². The minimum absolute atomic E-state index is 0.136. The van der Waals surface area contributed by atoms with Crippen LogP contribution in [0.25, 0.3) is 0 Å². The van der Waals surface area contributed by atoms with Crippen molar-refractivity contribution in [1.29, 1.82) is 0 Å². The van der Waals surface area contributed by atoms with E-state index in [1.54, 1.807) is 37.3 Å². The molecule has 0 atom stereocenters. The molecule has 0 aliphatic rings. The summed E-state index contributed by atoms with van der Waals surface area (Å²) in [6.07, 6.45) is 0. The SMILES string of the molecule is CCOC(=O)c1ccccc1OC(=O)COc1ccc(Cl)cc1C. The number of hydrogen-bond donors (Lipinski definition) is 0. The fourth-order valence-electron chi connectivity index (χ4n) is 2.00. The summed E-state index contributed by atoms with van der Waals surface area (Å²) < 4.78 is 15.6. The minimum Gasteiger partial charge on any atom is -0.482 e. The van der Waals surface area contributed by atoms with E-state index in [0.29, 0.717) is 10.8 Å². The number of carbonyl (C=O) groups is 2. The highest BCUT2D eigenvalue weighted by atomic mass is 35.5. The normalized spacial score (nSPS) is 10.1. The van der Waals surface area contributed by atoms with Crippen LogP contribution >= 0.6 is 11.6 Å². The van der Waals surface area contributed by atoms with E-state index >= 15 is 0 Å². The number of halogens is 1. The van der Waals surface area contributed by atoms with Gasteiger partial charge in [0.15, 0.2) is 6.61 Å². The lowest BCUT2D eigenvalue weighted by Crippen LogP contribution is -2.19. The quantitative estimate of drug-likeness (QED) is 0.586. The average Bonchev–Trinajstić information content (AvgIpc) is 2.54. The van der Waals surface area contributed by atoms with Gasteiger partial charge in [0.05, 0.1) is 6.61 Å². The molecule has 0 saturated carbocycles. The van der Waals surface area contributed by atoms with Crippen molar-refractivity contribution in [1.82, 2.24) is 0 Å². The van der Waals surface area contributed by atoms with E-state index in [1.165, 1.54) is 12.1 Å². The summed E-state index contributed by atoms with van der Waals surface area (Å²) in [4.78, 5) is 23.8. The Hall–Kier alpha value is -2.53.